The molecule has 1 saturated heterocycles. The first-order valence-electron chi connectivity index (χ1n) is 5.93. The van der Waals surface area contributed by atoms with Crippen LogP contribution in [0, 0.1) is 0 Å². The largest absolute Gasteiger partial charge is 0.433 e. The van der Waals surface area contributed by atoms with Crippen molar-refractivity contribution in [3.8, 4) is 0 Å². The highest BCUT2D eigenvalue weighted by atomic mass is 19.4. The number of nitrogens with two attached hydrogens (primary N) is 1. The smallest absolute Gasteiger partial charge is 0.378 e. The molecule has 3 N–H and O–H groups in total. The molecule has 1 aliphatic heterocycles. The number of hydrogen-bond donors (Lipinski definition) is 2. The van der Waals surface area contributed by atoms with Crippen molar-refractivity contribution in [1.29, 1.82) is 0 Å². The summed E-state index contributed by atoms with van der Waals surface area (Å²) in [5.41, 5.74) is 3.65. The Bertz CT molecular complexity index is 475. The fourth-order valence-corrected chi connectivity index (χ4v) is 1.91. The van der Waals surface area contributed by atoms with E-state index in [1.807, 2.05) is 0 Å². The monoisotopic (exact) mass is 292 g/mol. The third-order valence-electron chi connectivity index (χ3n) is 3.13. The van der Waals surface area contributed by atoms with Crippen molar-refractivity contribution < 1.29 is 22.6 Å². The first-order chi connectivity index (χ1) is 9.35. The lowest BCUT2D eigenvalue weighted by molar-refractivity contribution is -0.141. The molecule has 0 aromatic carbocycles. The molecule has 9 heteroatoms. The Balaban J connectivity index is 2.11. The Morgan fingerprint density at radius 2 is 2.25 bits per heavy atom. The number of ether oxygens (including phenoxy) is 2. The van der Waals surface area contributed by atoms with Crippen molar-refractivity contribution in [3.05, 3.63) is 11.8 Å². The molecule has 1 unspecified atom stereocenters. The molecular formula is C11H15F3N4O2. The Labute approximate surface area is 113 Å². The van der Waals surface area contributed by atoms with Crippen LogP contribution in [0.25, 0.3) is 0 Å². The molecule has 2 rings (SSSR count). The van der Waals surface area contributed by atoms with Crippen LogP contribution in [0.2, 0.25) is 0 Å². The third-order valence-corrected chi connectivity index (χ3v) is 3.13. The van der Waals surface area contributed by atoms with E-state index in [-0.39, 0.29) is 12.4 Å². The zero-order valence-electron chi connectivity index (χ0n) is 10.8. The molecule has 0 amide bonds. The van der Waals surface area contributed by atoms with Crippen molar-refractivity contribution >= 4 is 11.8 Å². The molecular weight excluding hydrogens is 277 g/mol. The summed E-state index contributed by atoms with van der Waals surface area (Å²) in [7, 11) is 1.53. The summed E-state index contributed by atoms with van der Waals surface area (Å²) in [4.78, 5) is 6.90. The van der Waals surface area contributed by atoms with Gasteiger partial charge in [-0.3, -0.25) is 0 Å². The van der Waals surface area contributed by atoms with Gasteiger partial charge in [-0.2, -0.15) is 18.2 Å². The predicted molar refractivity (Wildman–Crippen MR) is 65.1 cm³/mol. The van der Waals surface area contributed by atoms with E-state index in [4.69, 9.17) is 15.2 Å². The number of hydrogen-bond acceptors (Lipinski definition) is 6. The van der Waals surface area contributed by atoms with Gasteiger partial charge in [-0.05, 0) is 0 Å². The van der Waals surface area contributed by atoms with Gasteiger partial charge in [-0.1, -0.05) is 0 Å². The van der Waals surface area contributed by atoms with Crippen molar-refractivity contribution in [3.63, 3.8) is 0 Å². The van der Waals surface area contributed by atoms with Crippen LogP contribution >= 0.6 is 0 Å². The van der Waals surface area contributed by atoms with Crippen LogP contribution in [0.5, 0.6) is 0 Å². The first-order valence-corrected chi connectivity index (χ1v) is 5.93. The molecule has 1 atom stereocenters. The van der Waals surface area contributed by atoms with E-state index >= 15 is 0 Å². The molecule has 1 aromatic rings. The zero-order valence-corrected chi connectivity index (χ0v) is 10.8. The topological polar surface area (TPSA) is 82.3 Å². The lowest BCUT2D eigenvalue weighted by Crippen LogP contribution is -2.39. The van der Waals surface area contributed by atoms with Gasteiger partial charge in [0.25, 0.3) is 0 Å². The summed E-state index contributed by atoms with van der Waals surface area (Å²) >= 11 is 0. The fraction of sp³-hybridized carbons (Fsp3) is 0.636. The molecule has 0 saturated carbocycles. The minimum Gasteiger partial charge on any atom is -0.378 e. The molecule has 6 nitrogen and oxygen atoms in total. The molecule has 0 radical (unpaired) electrons. The maximum absolute atomic E-state index is 12.6. The van der Waals surface area contributed by atoms with Crippen LogP contribution in [0.15, 0.2) is 6.07 Å². The van der Waals surface area contributed by atoms with E-state index in [9.17, 15) is 13.2 Å². The number of alkyl halides is 3. The number of methoxy groups -OCH3 is 1. The Hall–Kier alpha value is -1.61. The summed E-state index contributed by atoms with van der Waals surface area (Å²) in [6.45, 7) is 1.20. The van der Waals surface area contributed by atoms with Crippen LogP contribution in [-0.2, 0) is 15.7 Å². The predicted octanol–water partition coefficient (Wildman–Crippen LogP) is 1.30. The molecule has 1 aliphatic rings. The van der Waals surface area contributed by atoms with Gasteiger partial charge in [0.05, 0.1) is 6.61 Å². The maximum Gasteiger partial charge on any atom is 0.433 e. The van der Waals surface area contributed by atoms with Crippen molar-refractivity contribution in [2.45, 2.75) is 18.2 Å². The van der Waals surface area contributed by atoms with Gasteiger partial charge in [0.1, 0.15) is 11.4 Å². The quantitative estimate of drug-likeness (QED) is 0.870. The molecule has 1 aromatic heterocycles. The number of aromatic nitrogens is 2. The minimum atomic E-state index is -4.57. The molecule has 0 aliphatic carbocycles. The highest BCUT2D eigenvalue weighted by Crippen LogP contribution is 2.29. The molecule has 0 spiro atoms. The number of anilines is 2. The number of nitrogen functional groups attached to an aromatic ring is 1. The van der Waals surface area contributed by atoms with Crippen LogP contribution < -0.4 is 11.1 Å². The number of nitrogens with zero attached hydrogens (tertiary/aromatic N) is 2. The van der Waals surface area contributed by atoms with Crippen molar-refractivity contribution in [2.24, 2.45) is 0 Å². The second-order valence-corrected chi connectivity index (χ2v) is 4.54. The van der Waals surface area contributed by atoms with Gasteiger partial charge in [0.15, 0.2) is 5.69 Å². The summed E-state index contributed by atoms with van der Waals surface area (Å²) in [6.07, 6.45) is -3.91. The SMILES string of the molecule is COC1(CNc2cc(C(F)(F)F)nc(N)n2)CCOC1. The minimum absolute atomic E-state index is 0.00755. The highest BCUT2D eigenvalue weighted by molar-refractivity contribution is 5.41. The van der Waals surface area contributed by atoms with Gasteiger partial charge in [-0.25, -0.2) is 4.98 Å². The van der Waals surface area contributed by atoms with Crippen LogP contribution in [0.1, 0.15) is 12.1 Å². The number of nitrogens with one attached hydrogen (secondary N) is 1. The Morgan fingerprint density at radius 1 is 1.50 bits per heavy atom. The normalized spacial score (nSPS) is 23.0. The van der Waals surface area contributed by atoms with Crippen LogP contribution in [0.3, 0.4) is 0 Å². The van der Waals surface area contributed by atoms with Gasteiger partial charge in [0.2, 0.25) is 5.95 Å². The second-order valence-electron chi connectivity index (χ2n) is 4.54. The van der Waals surface area contributed by atoms with E-state index in [1.165, 1.54) is 7.11 Å². The Kier molecular flexibility index (Phi) is 4.00. The summed E-state index contributed by atoms with van der Waals surface area (Å²) in [6, 6.07) is 0.815. The molecule has 0 bridgehead atoms. The van der Waals surface area contributed by atoms with Gasteiger partial charge < -0.3 is 20.5 Å². The summed E-state index contributed by atoms with van der Waals surface area (Å²) in [5, 5.41) is 2.80. The van der Waals surface area contributed by atoms with E-state index in [0.29, 0.717) is 19.6 Å². The third kappa shape index (κ3) is 3.28. The average molecular weight is 292 g/mol. The van der Waals surface area contributed by atoms with Gasteiger partial charge >= 0.3 is 6.18 Å². The number of halogens is 3. The number of rotatable bonds is 4. The summed E-state index contributed by atoms with van der Waals surface area (Å²) in [5.74, 6) is -0.426. The van der Waals surface area contributed by atoms with E-state index < -0.39 is 23.4 Å². The van der Waals surface area contributed by atoms with Crippen molar-refractivity contribution in [1.82, 2.24) is 9.97 Å². The molecule has 112 valence electrons. The molecule has 1 fully saturated rings. The molecule has 2 heterocycles. The lowest BCUT2D eigenvalue weighted by Gasteiger charge is -2.26. The van der Waals surface area contributed by atoms with Crippen molar-refractivity contribution in [2.75, 3.05) is 37.9 Å². The average Bonchev–Trinajstić information content (AvgIpc) is 2.84. The maximum atomic E-state index is 12.6. The molecule has 20 heavy (non-hydrogen) atoms. The van der Waals surface area contributed by atoms with E-state index in [0.717, 1.165) is 6.07 Å². The van der Waals surface area contributed by atoms with Gasteiger partial charge in [0, 0.05) is 32.7 Å². The van der Waals surface area contributed by atoms with E-state index in [1.54, 1.807) is 0 Å². The fourth-order valence-electron chi connectivity index (χ4n) is 1.91. The second kappa shape index (κ2) is 5.41. The highest BCUT2D eigenvalue weighted by Gasteiger charge is 2.36. The van der Waals surface area contributed by atoms with Crippen LogP contribution in [-0.4, -0.2) is 42.4 Å². The lowest BCUT2D eigenvalue weighted by atomic mass is 10.0. The van der Waals surface area contributed by atoms with E-state index in [2.05, 4.69) is 15.3 Å². The van der Waals surface area contributed by atoms with Gasteiger partial charge in [-0.15, -0.1) is 0 Å². The standard InChI is InChI=1S/C11H15F3N4O2/c1-19-10(2-3-20-6-10)5-16-8-4-7(11(12,13)14)17-9(15)18-8/h4H,2-3,5-6H2,1H3,(H3,15,16,17,18). The first kappa shape index (κ1) is 14.8. The van der Waals surface area contributed by atoms with Crippen LogP contribution in [0.4, 0.5) is 24.9 Å². The Morgan fingerprint density at radius 3 is 2.80 bits per heavy atom. The summed E-state index contributed by atoms with van der Waals surface area (Å²) < 4.78 is 48.4. The zero-order chi connectivity index (χ0) is 14.8.